The highest BCUT2D eigenvalue weighted by atomic mass is 19.1. The lowest BCUT2D eigenvalue weighted by Gasteiger charge is -2.05. The molecule has 1 heterocycles. The average molecular weight is 206 g/mol. The van der Waals surface area contributed by atoms with E-state index >= 15 is 0 Å². The fourth-order valence-corrected chi connectivity index (χ4v) is 1.26. The van der Waals surface area contributed by atoms with Crippen molar-refractivity contribution in [3.8, 4) is 5.69 Å². The van der Waals surface area contributed by atoms with Gasteiger partial charge in [-0.2, -0.15) is 15.0 Å². The van der Waals surface area contributed by atoms with E-state index in [1.807, 2.05) is 0 Å². The summed E-state index contributed by atoms with van der Waals surface area (Å²) < 4.78 is 13.3. The van der Waals surface area contributed by atoms with E-state index in [-0.39, 0.29) is 11.3 Å². The van der Waals surface area contributed by atoms with E-state index in [2.05, 4.69) is 10.2 Å². The molecule has 0 atom stereocenters. The number of primary amides is 1. The van der Waals surface area contributed by atoms with Gasteiger partial charge in [0.05, 0.1) is 12.4 Å². The first kappa shape index (κ1) is 9.32. The zero-order valence-electron chi connectivity index (χ0n) is 7.59. The van der Waals surface area contributed by atoms with Gasteiger partial charge in [-0.25, -0.2) is 4.39 Å². The Hall–Kier alpha value is -2.24. The summed E-state index contributed by atoms with van der Waals surface area (Å²) in [4.78, 5) is 12.2. The molecular weight excluding hydrogens is 199 g/mol. The van der Waals surface area contributed by atoms with Gasteiger partial charge in [-0.15, -0.1) is 0 Å². The minimum atomic E-state index is -0.847. The van der Waals surface area contributed by atoms with Crippen molar-refractivity contribution in [3.05, 3.63) is 42.0 Å². The van der Waals surface area contributed by atoms with Gasteiger partial charge in [0.25, 0.3) is 5.91 Å². The highest BCUT2D eigenvalue weighted by molar-refractivity contribution is 5.96. The molecule has 5 nitrogen and oxygen atoms in total. The van der Waals surface area contributed by atoms with Crippen LogP contribution < -0.4 is 5.73 Å². The Morgan fingerprint density at radius 1 is 1.33 bits per heavy atom. The Kier molecular flexibility index (Phi) is 2.17. The fourth-order valence-electron chi connectivity index (χ4n) is 1.26. The van der Waals surface area contributed by atoms with Crippen molar-refractivity contribution in [3.63, 3.8) is 0 Å². The van der Waals surface area contributed by atoms with Crippen LogP contribution in [0.1, 0.15) is 10.4 Å². The van der Waals surface area contributed by atoms with Crippen LogP contribution in [0.3, 0.4) is 0 Å². The first-order valence-corrected chi connectivity index (χ1v) is 4.15. The van der Waals surface area contributed by atoms with Crippen LogP contribution in [0.25, 0.3) is 5.69 Å². The molecule has 0 unspecified atom stereocenters. The van der Waals surface area contributed by atoms with Gasteiger partial charge in [0.15, 0.2) is 0 Å². The van der Waals surface area contributed by atoms with Crippen molar-refractivity contribution in [2.24, 2.45) is 5.73 Å². The topological polar surface area (TPSA) is 73.8 Å². The van der Waals surface area contributed by atoms with E-state index in [4.69, 9.17) is 5.73 Å². The predicted molar refractivity (Wildman–Crippen MR) is 49.8 cm³/mol. The van der Waals surface area contributed by atoms with Crippen molar-refractivity contribution in [1.29, 1.82) is 0 Å². The van der Waals surface area contributed by atoms with Gasteiger partial charge in [-0.05, 0) is 12.1 Å². The number of amides is 1. The Morgan fingerprint density at radius 3 is 2.60 bits per heavy atom. The molecule has 1 aromatic carbocycles. The van der Waals surface area contributed by atoms with Gasteiger partial charge in [0.2, 0.25) is 0 Å². The third-order valence-electron chi connectivity index (χ3n) is 1.87. The van der Waals surface area contributed by atoms with Crippen LogP contribution in [0, 0.1) is 5.82 Å². The number of benzene rings is 1. The molecule has 0 bridgehead atoms. The zero-order valence-corrected chi connectivity index (χ0v) is 7.59. The quantitative estimate of drug-likeness (QED) is 0.777. The van der Waals surface area contributed by atoms with E-state index in [0.717, 1.165) is 10.9 Å². The fraction of sp³-hybridized carbons (Fsp3) is 0. The van der Waals surface area contributed by atoms with Crippen LogP contribution in [0.4, 0.5) is 4.39 Å². The van der Waals surface area contributed by atoms with Crippen LogP contribution in [0.5, 0.6) is 0 Å². The van der Waals surface area contributed by atoms with E-state index in [9.17, 15) is 9.18 Å². The third kappa shape index (κ3) is 1.56. The number of aromatic nitrogens is 3. The second-order valence-electron chi connectivity index (χ2n) is 2.82. The molecule has 6 heteroatoms. The predicted octanol–water partition coefficient (Wildman–Crippen LogP) is 0.505. The highest BCUT2D eigenvalue weighted by Gasteiger charge is 2.15. The van der Waals surface area contributed by atoms with Crippen molar-refractivity contribution >= 4 is 5.91 Å². The second kappa shape index (κ2) is 3.49. The standard InChI is InChI=1S/C9H7FN4O/c10-6-2-1-3-7(8(6)9(11)15)14-12-4-5-13-14/h1-5H,(H2,11,15). The molecule has 2 rings (SSSR count). The molecule has 0 radical (unpaired) electrons. The smallest absolute Gasteiger partial charge is 0.253 e. The lowest BCUT2D eigenvalue weighted by atomic mass is 10.1. The SMILES string of the molecule is NC(=O)c1c(F)cccc1-n1nccn1. The molecule has 2 N–H and O–H groups in total. The molecule has 0 saturated carbocycles. The normalized spacial score (nSPS) is 10.2. The monoisotopic (exact) mass is 206 g/mol. The molecule has 1 aromatic heterocycles. The second-order valence-corrected chi connectivity index (χ2v) is 2.82. The summed E-state index contributed by atoms with van der Waals surface area (Å²) >= 11 is 0. The van der Waals surface area contributed by atoms with Crippen molar-refractivity contribution in [2.45, 2.75) is 0 Å². The van der Waals surface area contributed by atoms with Crippen molar-refractivity contribution < 1.29 is 9.18 Å². The number of hydrogen-bond acceptors (Lipinski definition) is 3. The highest BCUT2D eigenvalue weighted by Crippen LogP contribution is 2.15. The van der Waals surface area contributed by atoms with Crippen LogP contribution in [-0.4, -0.2) is 20.9 Å². The third-order valence-corrected chi connectivity index (χ3v) is 1.87. The maximum Gasteiger partial charge on any atom is 0.253 e. The molecule has 0 saturated heterocycles. The van der Waals surface area contributed by atoms with E-state index < -0.39 is 11.7 Å². The molecule has 0 aliphatic rings. The number of carbonyl (C=O) groups is 1. The lowest BCUT2D eigenvalue weighted by molar-refractivity contribution is 0.0996. The minimum Gasteiger partial charge on any atom is -0.365 e. The van der Waals surface area contributed by atoms with E-state index in [0.29, 0.717) is 0 Å². The Balaban J connectivity index is 2.66. The molecule has 1 amide bonds. The summed E-state index contributed by atoms with van der Waals surface area (Å²) in [7, 11) is 0. The Labute approximate surface area is 84.3 Å². The van der Waals surface area contributed by atoms with Gasteiger partial charge >= 0.3 is 0 Å². The molecule has 2 aromatic rings. The van der Waals surface area contributed by atoms with E-state index in [1.165, 1.54) is 24.5 Å². The maximum absolute atomic E-state index is 13.3. The van der Waals surface area contributed by atoms with E-state index in [1.54, 1.807) is 0 Å². The first-order chi connectivity index (χ1) is 7.20. The zero-order chi connectivity index (χ0) is 10.8. The van der Waals surface area contributed by atoms with Gasteiger partial charge in [0, 0.05) is 0 Å². The van der Waals surface area contributed by atoms with Crippen molar-refractivity contribution in [2.75, 3.05) is 0 Å². The summed E-state index contributed by atoms with van der Waals surface area (Å²) in [6.07, 6.45) is 2.85. The number of halogens is 1. The summed E-state index contributed by atoms with van der Waals surface area (Å²) in [6, 6.07) is 4.14. The number of nitrogens with zero attached hydrogens (tertiary/aromatic N) is 3. The van der Waals surface area contributed by atoms with Crippen LogP contribution >= 0.6 is 0 Å². The number of rotatable bonds is 2. The minimum absolute atomic E-state index is 0.214. The van der Waals surface area contributed by atoms with Gasteiger partial charge in [0.1, 0.15) is 17.1 Å². The largest absolute Gasteiger partial charge is 0.365 e. The van der Waals surface area contributed by atoms with Gasteiger partial charge < -0.3 is 5.73 Å². The molecule has 0 fully saturated rings. The number of nitrogens with two attached hydrogens (primary N) is 1. The number of hydrogen-bond donors (Lipinski definition) is 1. The first-order valence-electron chi connectivity index (χ1n) is 4.15. The average Bonchev–Trinajstić information content (AvgIpc) is 2.69. The maximum atomic E-state index is 13.3. The van der Waals surface area contributed by atoms with Crippen LogP contribution in [0.15, 0.2) is 30.6 Å². The molecule has 0 aliphatic heterocycles. The molecule has 15 heavy (non-hydrogen) atoms. The van der Waals surface area contributed by atoms with Crippen LogP contribution in [-0.2, 0) is 0 Å². The van der Waals surface area contributed by atoms with Crippen LogP contribution in [0.2, 0.25) is 0 Å². The Bertz CT molecular complexity index is 495. The summed E-state index contributed by atoms with van der Waals surface area (Å²) in [5, 5.41) is 7.60. The number of carbonyl (C=O) groups excluding carboxylic acids is 1. The molecule has 76 valence electrons. The summed E-state index contributed by atoms with van der Waals surface area (Å²) in [5.41, 5.74) is 5.09. The summed E-state index contributed by atoms with van der Waals surface area (Å²) in [6.45, 7) is 0. The Morgan fingerprint density at radius 2 is 2.00 bits per heavy atom. The summed E-state index contributed by atoms with van der Waals surface area (Å²) in [5.74, 6) is -1.53. The van der Waals surface area contributed by atoms with Gasteiger partial charge in [-0.1, -0.05) is 6.07 Å². The molecular formula is C9H7FN4O. The lowest BCUT2D eigenvalue weighted by Crippen LogP contribution is -2.17. The van der Waals surface area contributed by atoms with Gasteiger partial charge in [-0.3, -0.25) is 4.79 Å². The molecule has 0 aliphatic carbocycles. The molecule has 0 spiro atoms. The van der Waals surface area contributed by atoms with Crippen molar-refractivity contribution in [1.82, 2.24) is 15.0 Å².